The first-order valence-electron chi connectivity index (χ1n) is 6.46. The molecule has 18 heavy (non-hydrogen) atoms. The highest BCUT2D eigenvalue weighted by atomic mass is 79.9. The fourth-order valence-corrected chi connectivity index (χ4v) is 2.86. The highest BCUT2D eigenvalue weighted by molar-refractivity contribution is 9.10. The van der Waals surface area contributed by atoms with Gasteiger partial charge in [0.15, 0.2) is 0 Å². The SMILES string of the molecule is CCC1CCN(Cc2c(F)ccc(Br)c2F)CC1. The van der Waals surface area contributed by atoms with Gasteiger partial charge in [-0.2, -0.15) is 0 Å². The summed E-state index contributed by atoms with van der Waals surface area (Å²) in [5, 5.41) is 0. The van der Waals surface area contributed by atoms with Crippen molar-refractivity contribution in [1.29, 1.82) is 0 Å². The maximum Gasteiger partial charge on any atom is 0.144 e. The molecule has 0 radical (unpaired) electrons. The standard InChI is InChI=1S/C14H18BrF2N/c1-2-10-5-7-18(8-6-10)9-11-13(16)4-3-12(15)14(11)17/h3-4,10H,2,5-9H2,1H3. The summed E-state index contributed by atoms with van der Waals surface area (Å²) in [6, 6.07) is 2.73. The van der Waals surface area contributed by atoms with E-state index in [0.29, 0.717) is 11.0 Å². The van der Waals surface area contributed by atoms with Crippen LogP contribution in [-0.2, 0) is 6.54 Å². The van der Waals surface area contributed by atoms with Gasteiger partial charge in [-0.25, -0.2) is 8.78 Å². The zero-order valence-electron chi connectivity index (χ0n) is 10.6. The van der Waals surface area contributed by atoms with Gasteiger partial charge in [0.2, 0.25) is 0 Å². The predicted molar refractivity (Wildman–Crippen MR) is 72.4 cm³/mol. The van der Waals surface area contributed by atoms with Gasteiger partial charge in [0.05, 0.1) is 4.47 Å². The lowest BCUT2D eigenvalue weighted by Gasteiger charge is -2.31. The van der Waals surface area contributed by atoms with E-state index >= 15 is 0 Å². The van der Waals surface area contributed by atoms with Crippen molar-refractivity contribution in [3.05, 3.63) is 33.8 Å². The van der Waals surface area contributed by atoms with E-state index in [9.17, 15) is 8.78 Å². The Kier molecular flexibility index (Phi) is 4.73. The van der Waals surface area contributed by atoms with Crippen molar-refractivity contribution in [2.24, 2.45) is 5.92 Å². The van der Waals surface area contributed by atoms with Crippen LogP contribution in [0.2, 0.25) is 0 Å². The zero-order chi connectivity index (χ0) is 13.1. The summed E-state index contributed by atoms with van der Waals surface area (Å²) in [6.45, 7) is 4.44. The number of hydrogen-bond acceptors (Lipinski definition) is 1. The predicted octanol–water partition coefficient (Wildman–Crippen LogP) is 4.35. The highest BCUT2D eigenvalue weighted by Gasteiger charge is 2.21. The largest absolute Gasteiger partial charge is 0.299 e. The normalized spacial score (nSPS) is 18.2. The molecule has 100 valence electrons. The molecule has 1 nitrogen and oxygen atoms in total. The van der Waals surface area contributed by atoms with E-state index < -0.39 is 11.6 Å². The second-order valence-electron chi connectivity index (χ2n) is 4.95. The van der Waals surface area contributed by atoms with Crippen LogP contribution >= 0.6 is 15.9 Å². The van der Waals surface area contributed by atoms with Crippen LogP contribution in [0, 0.1) is 17.6 Å². The maximum atomic E-state index is 13.8. The fraction of sp³-hybridized carbons (Fsp3) is 0.571. The molecule has 1 aliphatic rings. The number of likely N-dealkylation sites (tertiary alicyclic amines) is 1. The summed E-state index contributed by atoms with van der Waals surface area (Å²) in [6.07, 6.45) is 3.47. The van der Waals surface area contributed by atoms with Gasteiger partial charge in [0, 0.05) is 12.1 Å². The second-order valence-corrected chi connectivity index (χ2v) is 5.80. The Bertz CT molecular complexity index is 415. The van der Waals surface area contributed by atoms with Crippen molar-refractivity contribution in [3.63, 3.8) is 0 Å². The topological polar surface area (TPSA) is 3.24 Å². The summed E-state index contributed by atoms with van der Waals surface area (Å²) in [5.74, 6) is -0.139. The van der Waals surface area contributed by atoms with E-state index in [1.807, 2.05) is 0 Å². The molecule has 0 atom stereocenters. The smallest absolute Gasteiger partial charge is 0.144 e. The summed E-state index contributed by atoms with van der Waals surface area (Å²) >= 11 is 3.11. The van der Waals surface area contributed by atoms with Gasteiger partial charge in [-0.3, -0.25) is 4.90 Å². The third kappa shape index (κ3) is 3.09. The molecule has 0 N–H and O–H groups in total. The van der Waals surface area contributed by atoms with Crippen molar-refractivity contribution >= 4 is 15.9 Å². The van der Waals surface area contributed by atoms with Gasteiger partial charge in [-0.1, -0.05) is 13.3 Å². The van der Waals surface area contributed by atoms with Crippen LogP contribution in [0.5, 0.6) is 0 Å². The molecule has 1 aromatic rings. The zero-order valence-corrected chi connectivity index (χ0v) is 12.1. The molecule has 1 fully saturated rings. The number of piperidine rings is 1. The van der Waals surface area contributed by atoms with Crippen LogP contribution in [0.3, 0.4) is 0 Å². The molecule has 4 heteroatoms. The summed E-state index contributed by atoms with van der Waals surface area (Å²) < 4.78 is 27.8. The van der Waals surface area contributed by atoms with Crippen molar-refractivity contribution in [2.45, 2.75) is 32.7 Å². The first-order chi connectivity index (χ1) is 8.61. The summed E-state index contributed by atoms with van der Waals surface area (Å²) in [4.78, 5) is 2.14. The third-order valence-electron chi connectivity index (χ3n) is 3.81. The minimum Gasteiger partial charge on any atom is -0.299 e. The van der Waals surface area contributed by atoms with E-state index in [4.69, 9.17) is 0 Å². The quantitative estimate of drug-likeness (QED) is 0.749. The van der Waals surface area contributed by atoms with Gasteiger partial charge >= 0.3 is 0 Å². The van der Waals surface area contributed by atoms with Crippen LogP contribution in [0.4, 0.5) is 8.78 Å². The monoisotopic (exact) mass is 317 g/mol. The van der Waals surface area contributed by atoms with Gasteiger partial charge < -0.3 is 0 Å². The molecule has 0 amide bonds. The van der Waals surface area contributed by atoms with Crippen molar-refractivity contribution < 1.29 is 8.78 Å². The first-order valence-corrected chi connectivity index (χ1v) is 7.25. The molecule has 0 saturated carbocycles. The number of benzene rings is 1. The molecule has 0 spiro atoms. The lowest BCUT2D eigenvalue weighted by atomic mass is 9.94. The molecular formula is C14H18BrF2N. The molecule has 1 aromatic carbocycles. The molecule has 0 unspecified atom stereocenters. The minimum absolute atomic E-state index is 0.180. The summed E-state index contributed by atoms with van der Waals surface area (Å²) in [7, 11) is 0. The second kappa shape index (κ2) is 6.11. The van der Waals surface area contributed by atoms with E-state index in [2.05, 4.69) is 27.8 Å². The van der Waals surface area contributed by atoms with Gasteiger partial charge in [0.1, 0.15) is 11.6 Å². The number of rotatable bonds is 3. The fourth-order valence-electron chi connectivity index (χ4n) is 2.49. The number of nitrogens with zero attached hydrogens (tertiary/aromatic N) is 1. The van der Waals surface area contributed by atoms with Crippen LogP contribution in [0.25, 0.3) is 0 Å². The minimum atomic E-state index is -0.465. The Hall–Kier alpha value is -0.480. The van der Waals surface area contributed by atoms with Crippen LogP contribution < -0.4 is 0 Å². The Balaban J connectivity index is 2.04. The summed E-state index contributed by atoms with van der Waals surface area (Å²) in [5.41, 5.74) is 0.180. The molecule has 2 rings (SSSR count). The van der Waals surface area contributed by atoms with E-state index in [0.717, 1.165) is 31.8 Å². The molecule has 1 heterocycles. The van der Waals surface area contributed by atoms with Crippen LogP contribution in [0.15, 0.2) is 16.6 Å². The van der Waals surface area contributed by atoms with E-state index in [1.54, 1.807) is 0 Å². The highest BCUT2D eigenvalue weighted by Crippen LogP contribution is 2.26. The van der Waals surface area contributed by atoms with Crippen molar-refractivity contribution in [2.75, 3.05) is 13.1 Å². The Morgan fingerprint density at radius 3 is 2.56 bits per heavy atom. The van der Waals surface area contributed by atoms with Crippen LogP contribution in [-0.4, -0.2) is 18.0 Å². The molecule has 0 aromatic heterocycles. The number of hydrogen-bond donors (Lipinski definition) is 0. The maximum absolute atomic E-state index is 13.8. The average Bonchev–Trinajstić information content (AvgIpc) is 2.40. The average molecular weight is 318 g/mol. The van der Waals surface area contributed by atoms with Gasteiger partial charge in [-0.15, -0.1) is 0 Å². The first kappa shape index (κ1) is 13.9. The lowest BCUT2D eigenvalue weighted by Crippen LogP contribution is -2.33. The Labute approximate surface area is 115 Å². The Morgan fingerprint density at radius 2 is 1.94 bits per heavy atom. The van der Waals surface area contributed by atoms with Gasteiger partial charge in [-0.05, 0) is 59.9 Å². The van der Waals surface area contributed by atoms with Gasteiger partial charge in [0.25, 0.3) is 0 Å². The Morgan fingerprint density at radius 1 is 1.28 bits per heavy atom. The van der Waals surface area contributed by atoms with Crippen molar-refractivity contribution in [1.82, 2.24) is 4.90 Å². The van der Waals surface area contributed by atoms with E-state index in [1.165, 1.54) is 18.6 Å². The molecule has 1 aliphatic heterocycles. The molecule has 0 aliphatic carbocycles. The lowest BCUT2D eigenvalue weighted by molar-refractivity contribution is 0.171. The van der Waals surface area contributed by atoms with Crippen LogP contribution in [0.1, 0.15) is 31.7 Å². The molecule has 1 saturated heterocycles. The molecular weight excluding hydrogens is 300 g/mol. The number of halogens is 3. The van der Waals surface area contributed by atoms with E-state index in [-0.39, 0.29) is 5.56 Å². The van der Waals surface area contributed by atoms with Crippen molar-refractivity contribution in [3.8, 4) is 0 Å². The third-order valence-corrected chi connectivity index (χ3v) is 4.42. The molecule has 0 bridgehead atoms.